The van der Waals surface area contributed by atoms with Crippen LogP contribution in [-0.4, -0.2) is 4.57 Å². The smallest absolute Gasteiger partial charge is 0.234 e. The molecule has 41 heavy (non-hydrogen) atoms. The molecule has 1 aromatic heterocycles. The van der Waals surface area contributed by atoms with E-state index in [2.05, 4.69) is 96.8 Å². The number of aromatic nitrogens is 2. The molecule has 3 aromatic rings. The van der Waals surface area contributed by atoms with Crippen LogP contribution in [0.4, 0.5) is 0 Å². The summed E-state index contributed by atoms with van der Waals surface area (Å²) in [5.74, 6) is 2.01. The predicted octanol–water partition coefficient (Wildman–Crippen LogP) is 11.0. The predicted molar refractivity (Wildman–Crippen MR) is 178 cm³/mol. The zero-order chi connectivity index (χ0) is 29.0. The van der Waals surface area contributed by atoms with Crippen LogP contribution in [0.3, 0.4) is 0 Å². The lowest BCUT2D eigenvalue weighted by atomic mass is 9.96. The molecule has 0 aliphatic rings. The van der Waals surface area contributed by atoms with Gasteiger partial charge in [0.2, 0.25) is 0 Å². The Bertz CT molecular complexity index is 1040. The van der Waals surface area contributed by atoms with Crippen LogP contribution in [0.15, 0.2) is 66.9 Å². The maximum absolute atomic E-state index is 2.71. The van der Waals surface area contributed by atoms with E-state index in [0.717, 1.165) is 25.9 Å². The van der Waals surface area contributed by atoms with Crippen molar-refractivity contribution in [1.82, 2.24) is 4.57 Å². The molecule has 2 aromatic carbocycles. The van der Waals surface area contributed by atoms with E-state index in [9.17, 15) is 0 Å². The van der Waals surface area contributed by atoms with Gasteiger partial charge in [-0.15, -0.1) is 0 Å². The molecule has 1 heterocycles. The van der Waals surface area contributed by atoms with E-state index >= 15 is 0 Å². The summed E-state index contributed by atoms with van der Waals surface area (Å²) >= 11 is 0. The van der Waals surface area contributed by atoms with Gasteiger partial charge in [0.05, 0.1) is 19.5 Å². The van der Waals surface area contributed by atoms with Gasteiger partial charge in [-0.3, -0.25) is 0 Å². The van der Waals surface area contributed by atoms with Gasteiger partial charge in [-0.25, -0.2) is 9.13 Å². The van der Waals surface area contributed by atoms with Crippen LogP contribution in [0.2, 0.25) is 0 Å². The summed E-state index contributed by atoms with van der Waals surface area (Å²) in [6, 6.07) is 22.2. The number of nitrogens with zero attached hydrogens (tertiary/aromatic N) is 2. The molecule has 1 atom stereocenters. The molecule has 2 heteroatoms. The normalized spacial score (nSPS) is 12.2. The Morgan fingerprint density at radius 2 is 1.12 bits per heavy atom. The van der Waals surface area contributed by atoms with Gasteiger partial charge in [0, 0.05) is 6.42 Å². The minimum atomic E-state index is 0.519. The first-order valence-corrected chi connectivity index (χ1v) is 17.4. The standard InChI is InChI=1S/C39H61N2/c1-4-6-8-9-10-11-12-13-14-15-16-17-18-25-31-41-38(32-35(3)37-28-23-20-24-29-37)34-40(30-7-5-2)39(41)33-36-26-21-19-22-27-36/h19-24,26-29,34-35H,4-18,25,30-33H2,1-3H3/q+1. The van der Waals surface area contributed by atoms with Crippen molar-refractivity contribution in [1.29, 1.82) is 0 Å². The number of hydrogen-bond donors (Lipinski definition) is 0. The third-order valence-electron chi connectivity index (χ3n) is 8.87. The minimum absolute atomic E-state index is 0.519. The van der Waals surface area contributed by atoms with Gasteiger partial charge in [-0.2, -0.15) is 0 Å². The zero-order valence-electron chi connectivity index (χ0n) is 27.0. The van der Waals surface area contributed by atoms with Crippen molar-refractivity contribution in [3.05, 3.63) is 89.5 Å². The summed E-state index contributed by atoms with van der Waals surface area (Å²) in [5.41, 5.74) is 4.38. The maximum Gasteiger partial charge on any atom is 0.261 e. The summed E-state index contributed by atoms with van der Waals surface area (Å²) in [5, 5.41) is 0. The van der Waals surface area contributed by atoms with Gasteiger partial charge < -0.3 is 0 Å². The van der Waals surface area contributed by atoms with E-state index < -0.39 is 0 Å². The van der Waals surface area contributed by atoms with Gasteiger partial charge >= 0.3 is 0 Å². The van der Waals surface area contributed by atoms with Crippen molar-refractivity contribution in [2.24, 2.45) is 0 Å². The Labute approximate surface area is 253 Å². The highest BCUT2D eigenvalue weighted by Gasteiger charge is 2.25. The first-order chi connectivity index (χ1) is 20.2. The fraction of sp³-hybridized carbons (Fsp3) is 0.615. The third-order valence-corrected chi connectivity index (χ3v) is 8.87. The van der Waals surface area contributed by atoms with Crippen LogP contribution >= 0.6 is 0 Å². The van der Waals surface area contributed by atoms with Crippen molar-refractivity contribution in [3.63, 3.8) is 0 Å². The van der Waals surface area contributed by atoms with Crippen LogP contribution < -0.4 is 4.57 Å². The summed E-state index contributed by atoms with van der Waals surface area (Å²) in [4.78, 5) is 0. The Morgan fingerprint density at radius 1 is 0.610 bits per heavy atom. The second-order valence-corrected chi connectivity index (χ2v) is 12.5. The summed E-state index contributed by atoms with van der Waals surface area (Å²) in [7, 11) is 0. The van der Waals surface area contributed by atoms with Gasteiger partial charge in [-0.05, 0) is 36.3 Å². The topological polar surface area (TPSA) is 8.81 Å². The SMILES string of the molecule is CCCCCCCCCCCCCCCC[n+]1c(CC(C)c2ccccc2)cn(CCCC)c1Cc1ccccc1. The number of benzene rings is 2. The molecule has 2 nitrogen and oxygen atoms in total. The van der Waals surface area contributed by atoms with Crippen LogP contribution in [0.25, 0.3) is 0 Å². The lowest BCUT2D eigenvalue weighted by Crippen LogP contribution is -2.41. The summed E-state index contributed by atoms with van der Waals surface area (Å²) in [6.45, 7) is 9.28. The first-order valence-electron chi connectivity index (χ1n) is 17.4. The third kappa shape index (κ3) is 12.6. The van der Waals surface area contributed by atoms with Gasteiger partial charge in [-0.1, -0.05) is 165 Å². The average Bonchev–Trinajstić information content (AvgIpc) is 3.32. The molecule has 0 amide bonds. The van der Waals surface area contributed by atoms with Gasteiger partial charge in [0.15, 0.2) is 0 Å². The number of imidazole rings is 1. The fourth-order valence-corrected chi connectivity index (χ4v) is 6.26. The van der Waals surface area contributed by atoms with E-state index in [-0.39, 0.29) is 0 Å². The van der Waals surface area contributed by atoms with Crippen LogP contribution in [-0.2, 0) is 25.9 Å². The molecule has 0 saturated carbocycles. The number of rotatable bonds is 23. The lowest BCUT2D eigenvalue weighted by Gasteiger charge is -2.12. The molecule has 0 N–H and O–H groups in total. The highest BCUT2D eigenvalue weighted by molar-refractivity contribution is 5.21. The second kappa shape index (κ2) is 20.5. The van der Waals surface area contributed by atoms with E-state index in [1.165, 1.54) is 125 Å². The molecule has 226 valence electrons. The quantitative estimate of drug-likeness (QED) is 0.0810. The maximum atomic E-state index is 2.71. The Morgan fingerprint density at radius 3 is 1.68 bits per heavy atom. The van der Waals surface area contributed by atoms with E-state index in [4.69, 9.17) is 0 Å². The van der Waals surface area contributed by atoms with Crippen LogP contribution in [0, 0.1) is 0 Å². The van der Waals surface area contributed by atoms with Crippen LogP contribution in [0.5, 0.6) is 0 Å². The molecule has 1 unspecified atom stereocenters. The van der Waals surface area contributed by atoms with Crippen molar-refractivity contribution in [2.75, 3.05) is 0 Å². The summed E-state index contributed by atoms with van der Waals surface area (Å²) < 4.78 is 5.30. The molecule has 0 aliphatic heterocycles. The van der Waals surface area contributed by atoms with Gasteiger partial charge in [0.25, 0.3) is 5.82 Å². The molecular weight excluding hydrogens is 496 g/mol. The van der Waals surface area contributed by atoms with Gasteiger partial charge in [0.1, 0.15) is 11.9 Å². The van der Waals surface area contributed by atoms with E-state index in [0.29, 0.717) is 5.92 Å². The Balaban J connectivity index is 1.54. The number of aryl methyl sites for hydroxylation is 1. The van der Waals surface area contributed by atoms with Crippen molar-refractivity contribution < 1.29 is 4.57 Å². The van der Waals surface area contributed by atoms with E-state index in [1.54, 1.807) is 0 Å². The molecular formula is C39H61N2+. The number of hydrogen-bond acceptors (Lipinski definition) is 0. The molecule has 0 aliphatic carbocycles. The molecule has 0 spiro atoms. The molecule has 3 rings (SSSR count). The summed E-state index contributed by atoms with van der Waals surface area (Å²) in [6.07, 6.45) is 26.9. The zero-order valence-corrected chi connectivity index (χ0v) is 27.0. The first kappa shape index (κ1) is 33.2. The van der Waals surface area contributed by atoms with Crippen molar-refractivity contribution in [3.8, 4) is 0 Å². The number of unbranched alkanes of at least 4 members (excludes halogenated alkanes) is 14. The van der Waals surface area contributed by atoms with Crippen molar-refractivity contribution >= 4 is 0 Å². The average molecular weight is 558 g/mol. The van der Waals surface area contributed by atoms with E-state index in [1.807, 2.05) is 0 Å². The lowest BCUT2D eigenvalue weighted by molar-refractivity contribution is -0.710. The largest absolute Gasteiger partial charge is 0.261 e. The Kier molecular flexibility index (Phi) is 16.6. The molecule has 0 radical (unpaired) electrons. The highest BCUT2D eigenvalue weighted by atomic mass is 15.2. The highest BCUT2D eigenvalue weighted by Crippen LogP contribution is 2.21. The minimum Gasteiger partial charge on any atom is -0.234 e. The molecule has 0 fully saturated rings. The second-order valence-electron chi connectivity index (χ2n) is 12.5. The monoisotopic (exact) mass is 557 g/mol. The van der Waals surface area contributed by atoms with Crippen LogP contribution in [0.1, 0.15) is 152 Å². The fourth-order valence-electron chi connectivity index (χ4n) is 6.26. The van der Waals surface area contributed by atoms with Crippen molar-refractivity contribution in [2.45, 2.75) is 155 Å². The molecule has 0 saturated heterocycles. The molecule has 0 bridgehead atoms. The Hall–Kier alpha value is -2.35.